The summed E-state index contributed by atoms with van der Waals surface area (Å²) in [5.41, 5.74) is 3.20. The van der Waals surface area contributed by atoms with E-state index in [-0.39, 0.29) is 18.4 Å². The summed E-state index contributed by atoms with van der Waals surface area (Å²) in [4.78, 5) is 30.1. The third-order valence-corrected chi connectivity index (χ3v) is 4.56. The molecule has 132 valence electrons. The van der Waals surface area contributed by atoms with Gasteiger partial charge in [-0.05, 0) is 49.9 Å². The predicted octanol–water partition coefficient (Wildman–Crippen LogP) is 2.12. The van der Waals surface area contributed by atoms with Gasteiger partial charge in [-0.3, -0.25) is 19.3 Å². The molecule has 0 radical (unpaired) electrons. The van der Waals surface area contributed by atoms with E-state index in [1.807, 2.05) is 24.0 Å². The third-order valence-electron chi connectivity index (χ3n) is 4.56. The first-order valence-corrected chi connectivity index (χ1v) is 8.44. The molecular formula is C18H22N4O3. The molecule has 0 unspecified atom stereocenters. The molecule has 1 aliphatic heterocycles. The van der Waals surface area contributed by atoms with Crippen LogP contribution in [0.25, 0.3) is 0 Å². The van der Waals surface area contributed by atoms with Crippen LogP contribution in [0.2, 0.25) is 0 Å². The highest BCUT2D eigenvalue weighted by Gasteiger charge is 2.32. The maximum Gasteiger partial charge on any atom is 0.303 e. The number of carbonyl (C=O) groups excluding carboxylic acids is 1. The quantitative estimate of drug-likeness (QED) is 0.899. The summed E-state index contributed by atoms with van der Waals surface area (Å²) >= 11 is 0. The molecule has 0 aromatic carbocycles. The zero-order valence-electron chi connectivity index (χ0n) is 14.5. The maximum atomic E-state index is 12.9. The number of rotatable bonds is 5. The van der Waals surface area contributed by atoms with E-state index < -0.39 is 5.97 Å². The van der Waals surface area contributed by atoms with Crippen LogP contribution in [0, 0.1) is 6.92 Å². The first-order chi connectivity index (χ1) is 12.0. The van der Waals surface area contributed by atoms with E-state index >= 15 is 0 Å². The van der Waals surface area contributed by atoms with Crippen molar-refractivity contribution >= 4 is 11.9 Å². The Morgan fingerprint density at radius 1 is 1.36 bits per heavy atom. The molecule has 7 nitrogen and oxygen atoms in total. The Kier molecular flexibility index (Phi) is 4.83. The topological polar surface area (TPSA) is 88.3 Å². The number of nitrogens with zero attached hydrogens (tertiary/aromatic N) is 4. The fraction of sp³-hybridized carbons (Fsp3) is 0.444. The molecule has 0 spiro atoms. The molecule has 2 aromatic rings. The summed E-state index contributed by atoms with van der Waals surface area (Å²) in [5, 5.41) is 13.0. The van der Waals surface area contributed by atoms with Crippen molar-refractivity contribution in [1.82, 2.24) is 19.7 Å². The first kappa shape index (κ1) is 17.1. The minimum atomic E-state index is -0.815. The highest BCUT2D eigenvalue weighted by molar-refractivity contribution is 5.93. The van der Waals surface area contributed by atoms with Crippen molar-refractivity contribution in [3.05, 3.63) is 47.0 Å². The fourth-order valence-corrected chi connectivity index (χ4v) is 3.38. The molecule has 2 aromatic heterocycles. The lowest BCUT2D eigenvalue weighted by Crippen LogP contribution is -2.32. The Balaban J connectivity index is 1.86. The van der Waals surface area contributed by atoms with Crippen molar-refractivity contribution < 1.29 is 14.7 Å². The molecule has 1 N–H and O–H groups in total. The maximum absolute atomic E-state index is 12.9. The zero-order valence-corrected chi connectivity index (χ0v) is 14.5. The highest BCUT2D eigenvalue weighted by Crippen LogP contribution is 2.32. The van der Waals surface area contributed by atoms with Gasteiger partial charge in [-0.2, -0.15) is 5.10 Å². The predicted molar refractivity (Wildman–Crippen MR) is 91.2 cm³/mol. The van der Waals surface area contributed by atoms with Crippen LogP contribution < -0.4 is 0 Å². The standard InChI is InChI=1S/C18H22N4O3/c1-12-10-13(5-6-17(23)24)11-14(20-12)15-4-3-9-22(15)18(25)16-7-8-19-21(16)2/h7-8,10-11,15H,3-6,9H2,1-2H3,(H,23,24)/t15-/m0/s1. The Hall–Kier alpha value is -2.70. The number of carboxylic acids is 1. The summed E-state index contributed by atoms with van der Waals surface area (Å²) in [5.74, 6) is -0.859. The lowest BCUT2D eigenvalue weighted by Gasteiger charge is -2.25. The van der Waals surface area contributed by atoms with Gasteiger partial charge >= 0.3 is 5.97 Å². The van der Waals surface area contributed by atoms with Crippen LogP contribution in [0.1, 0.15) is 52.7 Å². The van der Waals surface area contributed by atoms with Crippen LogP contribution in [-0.2, 0) is 18.3 Å². The minimum Gasteiger partial charge on any atom is -0.481 e. The summed E-state index contributed by atoms with van der Waals surface area (Å²) in [6.07, 6.45) is 3.96. The van der Waals surface area contributed by atoms with Gasteiger partial charge in [-0.1, -0.05) is 0 Å². The zero-order chi connectivity index (χ0) is 18.0. The summed E-state index contributed by atoms with van der Waals surface area (Å²) < 4.78 is 1.58. The van der Waals surface area contributed by atoms with Gasteiger partial charge < -0.3 is 10.0 Å². The molecule has 0 bridgehead atoms. The second-order valence-electron chi connectivity index (χ2n) is 6.43. The Morgan fingerprint density at radius 3 is 2.84 bits per heavy atom. The highest BCUT2D eigenvalue weighted by atomic mass is 16.4. The number of amides is 1. The molecule has 0 saturated carbocycles. The molecule has 25 heavy (non-hydrogen) atoms. The van der Waals surface area contributed by atoms with E-state index in [2.05, 4.69) is 10.1 Å². The van der Waals surface area contributed by atoms with E-state index in [0.29, 0.717) is 18.7 Å². The number of aryl methyl sites for hydroxylation is 3. The van der Waals surface area contributed by atoms with Crippen LogP contribution in [0.4, 0.5) is 0 Å². The normalized spacial score (nSPS) is 17.0. The van der Waals surface area contributed by atoms with E-state index in [9.17, 15) is 9.59 Å². The second kappa shape index (κ2) is 7.04. The van der Waals surface area contributed by atoms with E-state index in [1.54, 1.807) is 24.0 Å². The van der Waals surface area contributed by atoms with E-state index in [1.165, 1.54) is 0 Å². The molecule has 0 aliphatic carbocycles. The summed E-state index contributed by atoms with van der Waals surface area (Å²) in [7, 11) is 1.76. The largest absolute Gasteiger partial charge is 0.481 e. The molecule has 3 heterocycles. The van der Waals surface area contributed by atoms with Crippen LogP contribution in [0.5, 0.6) is 0 Å². The summed E-state index contributed by atoms with van der Waals surface area (Å²) in [6.45, 7) is 2.59. The van der Waals surface area contributed by atoms with Gasteiger partial charge in [0.1, 0.15) is 5.69 Å². The van der Waals surface area contributed by atoms with Gasteiger partial charge in [0.15, 0.2) is 0 Å². The average Bonchev–Trinajstić information content (AvgIpc) is 3.20. The number of aromatic nitrogens is 3. The van der Waals surface area contributed by atoms with Crippen LogP contribution >= 0.6 is 0 Å². The van der Waals surface area contributed by atoms with Crippen molar-refractivity contribution in [2.75, 3.05) is 6.54 Å². The van der Waals surface area contributed by atoms with Gasteiger partial charge in [-0.15, -0.1) is 0 Å². The minimum absolute atomic E-state index is 0.0436. The molecule has 1 amide bonds. The SMILES string of the molecule is Cc1cc(CCC(=O)O)cc([C@@H]2CCCN2C(=O)c2ccnn2C)n1. The Labute approximate surface area is 146 Å². The molecule has 3 rings (SSSR count). The lowest BCUT2D eigenvalue weighted by atomic mass is 10.0. The van der Waals surface area contributed by atoms with Crippen LogP contribution in [-0.4, -0.2) is 43.2 Å². The van der Waals surface area contributed by atoms with Crippen molar-refractivity contribution in [1.29, 1.82) is 0 Å². The molecule has 1 aliphatic rings. The second-order valence-corrected chi connectivity index (χ2v) is 6.43. The first-order valence-electron chi connectivity index (χ1n) is 8.44. The van der Waals surface area contributed by atoms with Crippen molar-refractivity contribution in [2.24, 2.45) is 7.05 Å². The Bertz CT molecular complexity index is 799. The number of hydrogen-bond donors (Lipinski definition) is 1. The number of aliphatic carboxylic acids is 1. The smallest absolute Gasteiger partial charge is 0.303 e. The Morgan fingerprint density at radius 2 is 2.16 bits per heavy atom. The van der Waals surface area contributed by atoms with E-state index in [4.69, 9.17) is 5.11 Å². The molecule has 1 fully saturated rings. The summed E-state index contributed by atoms with van der Waals surface area (Å²) in [6, 6.07) is 5.50. The van der Waals surface area contributed by atoms with Gasteiger partial charge in [0, 0.05) is 31.9 Å². The van der Waals surface area contributed by atoms with Crippen molar-refractivity contribution in [3.8, 4) is 0 Å². The fourth-order valence-electron chi connectivity index (χ4n) is 3.38. The van der Waals surface area contributed by atoms with Gasteiger partial charge in [0.05, 0.1) is 11.7 Å². The number of carbonyl (C=O) groups is 2. The van der Waals surface area contributed by atoms with E-state index in [0.717, 1.165) is 29.8 Å². The molecule has 7 heteroatoms. The number of pyridine rings is 1. The molecule has 1 saturated heterocycles. The lowest BCUT2D eigenvalue weighted by molar-refractivity contribution is -0.136. The van der Waals surface area contributed by atoms with Crippen LogP contribution in [0.15, 0.2) is 24.4 Å². The van der Waals surface area contributed by atoms with Gasteiger partial charge in [0.2, 0.25) is 0 Å². The van der Waals surface area contributed by atoms with Crippen LogP contribution in [0.3, 0.4) is 0 Å². The average molecular weight is 342 g/mol. The van der Waals surface area contributed by atoms with Crippen molar-refractivity contribution in [2.45, 2.75) is 38.6 Å². The third kappa shape index (κ3) is 3.70. The number of likely N-dealkylation sites (tertiary alicyclic amines) is 1. The molecule has 1 atom stereocenters. The van der Waals surface area contributed by atoms with Crippen molar-refractivity contribution in [3.63, 3.8) is 0 Å². The number of carboxylic acid groups (broad SMARTS) is 1. The molecular weight excluding hydrogens is 320 g/mol. The van der Waals surface area contributed by atoms with Gasteiger partial charge in [-0.25, -0.2) is 0 Å². The monoisotopic (exact) mass is 342 g/mol. The number of hydrogen-bond acceptors (Lipinski definition) is 4. The van der Waals surface area contributed by atoms with Gasteiger partial charge in [0.25, 0.3) is 5.91 Å².